The Morgan fingerprint density at radius 2 is 1.90 bits per heavy atom. The average molecular weight is 441 g/mol. The van der Waals surface area contributed by atoms with Gasteiger partial charge in [-0.25, -0.2) is 4.98 Å². The van der Waals surface area contributed by atoms with Gasteiger partial charge in [-0.15, -0.1) is 11.3 Å². The van der Waals surface area contributed by atoms with Gasteiger partial charge in [-0.05, 0) is 18.2 Å². The number of hydrogen-bond acceptors (Lipinski definition) is 8. The van der Waals surface area contributed by atoms with Crippen molar-refractivity contribution < 1.29 is 14.4 Å². The number of aromatic nitrogens is 1. The third kappa shape index (κ3) is 4.78. The minimum atomic E-state index is -0.350. The van der Waals surface area contributed by atoms with Crippen molar-refractivity contribution in [2.45, 2.75) is 6.54 Å². The number of ether oxygens (including phenoxy) is 2. The molecule has 1 fully saturated rings. The van der Waals surface area contributed by atoms with Crippen LogP contribution in [0.5, 0.6) is 11.5 Å². The summed E-state index contributed by atoms with van der Waals surface area (Å²) in [6.45, 7) is 4.18. The fraction of sp³-hybridized carbons (Fsp3) is 0.318. The number of nitrogens with zero attached hydrogens (tertiary/aromatic N) is 4. The molecule has 0 aliphatic carbocycles. The molecule has 1 saturated heterocycles. The number of benzene rings is 2. The first kappa shape index (κ1) is 21.1. The van der Waals surface area contributed by atoms with E-state index in [9.17, 15) is 10.1 Å². The molecule has 8 nitrogen and oxygen atoms in total. The van der Waals surface area contributed by atoms with Crippen molar-refractivity contribution in [3.8, 4) is 22.1 Å². The molecule has 0 atom stereocenters. The summed E-state index contributed by atoms with van der Waals surface area (Å²) in [4.78, 5) is 20.0. The van der Waals surface area contributed by atoms with E-state index in [2.05, 4.69) is 15.2 Å². The maximum Gasteiger partial charge on any atom is 0.271 e. The van der Waals surface area contributed by atoms with Crippen LogP contribution in [0.1, 0.15) is 5.69 Å². The van der Waals surface area contributed by atoms with Gasteiger partial charge in [0.05, 0.1) is 30.4 Å². The lowest BCUT2D eigenvalue weighted by atomic mass is 10.2. The van der Waals surface area contributed by atoms with Gasteiger partial charge in [-0.2, -0.15) is 0 Å². The summed E-state index contributed by atoms with van der Waals surface area (Å²) in [5.41, 5.74) is 3.01. The molecule has 0 radical (unpaired) electrons. The van der Waals surface area contributed by atoms with Gasteiger partial charge < -0.3 is 14.4 Å². The second kappa shape index (κ2) is 9.32. The number of anilines is 1. The van der Waals surface area contributed by atoms with Crippen LogP contribution >= 0.6 is 11.3 Å². The van der Waals surface area contributed by atoms with Crippen LogP contribution in [0, 0.1) is 10.1 Å². The molecule has 31 heavy (non-hydrogen) atoms. The molecule has 1 aliphatic heterocycles. The topological polar surface area (TPSA) is 81.0 Å². The zero-order valence-electron chi connectivity index (χ0n) is 17.5. The van der Waals surface area contributed by atoms with Crippen molar-refractivity contribution in [1.82, 2.24) is 9.88 Å². The fourth-order valence-electron chi connectivity index (χ4n) is 3.68. The molecule has 4 rings (SSSR count). The molecule has 2 aromatic carbocycles. The Hall–Kier alpha value is -3.17. The third-order valence-electron chi connectivity index (χ3n) is 5.35. The largest absolute Gasteiger partial charge is 0.497 e. The van der Waals surface area contributed by atoms with Crippen LogP contribution in [0.2, 0.25) is 0 Å². The lowest BCUT2D eigenvalue weighted by Gasteiger charge is -2.35. The van der Waals surface area contributed by atoms with Crippen LogP contribution in [0.4, 0.5) is 11.4 Å². The van der Waals surface area contributed by atoms with Gasteiger partial charge in [0, 0.05) is 62.0 Å². The van der Waals surface area contributed by atoms with Gasteiger partial charge in [-0.1, -0.05) is 6.07 Å². The predicted octanol–water partition coefficient (Wildman–Crippen LogP) is 4.06. The first-order valence-corrected chi connectivity index (χ1v) is 10.8. The Bertz CT molecular complexity index is 1060. The van der Waals surface area contributed by atoms with Crippen molar-refractivity contribution in [1.29, 1.82) is 0 Å². The second-order valence-corrected chi connectivity index (χ2v) is 8.11. The van der Waals surface area contributed by atoms with E-state index in [1.165, 1.54) is 6.07 Å². The van der Waals surface area contributed by atoms with E-state index >= 15 is 0 Å². The molecule has 0 amide bonds. The number of methoxy groups -OCH3 is 2. The fourth-order valence-corrected chi connectivity index (χ4v) is 4.52. The average Bonchev–Trinajstić information content (AvgIpc) is 3.27. The number of non-ortho nitro benzene ring substituents is 1. The summed E-state index contributed by atoms with van der Waals surface area (Å²) >= 11 is 1.60. The van der Waals surface area contributed by atoms with E-state index in [-0.39, 0.29) is 10.6 Å². The van der Waals surface area contributed by atoms with Crippen LogP contribution in [-0.2, 0) is 6.54 Å². The Balaban J connectivity index is 1.38. The van der Waals surface area contributed by atoms with Crippen LogP contribution < -0.4 is 14.4 Å². The number of thiazole rings is 1. The van der Waals surface area contributed by atoms with Gasteiger partial charge in [0.15, 0.2) is 0 Å². The van der Waals surface area contributed by atoms with E-state index in [1.807, 2.05) is 24.3 Å². The molecule has 2 heterocycles. The standard InChI is InChI=1S/C22H24N4O4S/c1-29-19-6-7-20(21(13-19)30-2)22-23-16(15-31-22)14-24-8-10-25(11-9-24)17-4-3-5-18(12-17)26(27)28/h3-7,12-13,15H,8-11,14H2,1-2H3. The second-order valence-electron chi connectivity index (χ2n) is 7.25. The molecular weight excluding hydrogens is 416 g/mol. The zero-order chi connectivity index (χ0) is 21.8. The first-order chi connectivity index (χ1) is 15.1. The SMILES string of the molecule is COc1ccc(-c2nc(CN3CCN(c4cccc([N+](=O)[O-])c4)CC3)cs2)c(OC)c1. The molecule has 0 N–H and O–H groups in total. The summed E-state index contributed by atoms with van der Waals surface area (Å²) in [6, 6.07) is 12.6. The molecule has 9 heteroatoms. The highest BCUT2D eigenvalue weighted by molar-refractivity contribution is 7.13. The van der Waals surface area contributed by atoms with Gasteiger partial charge >= 0.3 is 0 Å². The summed E-state index contributed by atoms with van der Waals surface area (Å²) in [6.07, 6.45) is 0. The number of rotatable bonds is 7. The molecule has 162 valence electrons. The maximum absolute atomic E-state index is 11.0. The summed E-state index contributed by atoms with van der Waals surface area (Å²) < 4.78 is 10.8. The highest BCUT2D eigenvalue weighted by Gasteiger charge is 2.20. The van der Waals surface area contributed by atoms with E-state index < -0.39 is 0 Å². The highest BCUT2D eigenvalue weighted by Crippen LogP contribution is 2.35. The van der Waals surface area contributed by atoms with E-state index in [0.29, 0.717) is 0 Å². The normalized spacial score (nSPS) is 14.5. The minimum Gasteiger partial charge on any atom is -0.497 e. The van der Waals surface area contributed by atoms with Crippen LogP contribution in [0.3, 0.4) is 0 Å². The molecule has 1 aromatic heterocycles. The Morgan fingerprint density at radius 3 is 2.61 bits per heavy atom. The molecule has 0 spiro atoms. The van der Waals surface area contributed by atoms with Gasteiger partial charge in [0.1, 0.15) is 16.5 Å². The van der Waals surface area contributed by atoms with Gasteiger partial charge in [0.25, 0.3) is 5.69 Å². The number of nitro benzene ring substituents is 1. The first-order valence-electron chi connectivity index (χ1n) is 9.96. The monoisotopic (exact) mass is 440 g/mol. The van der Waals surface area contributed by atoms with Crippen LogP contribution in [0.15, 0.2) is 47.8 Å². The highest BCUT2D eigenvalue weighted by atomic mass is 32.1. The Morgan fingerprint density at radius 1 is 1.10 bits per heavy atom. The van der Waals surface area contributed by atoms with Crippen molar-refractivity contribution in [2.24, 2.45) is 0 Å². The van der Waals surface area contributed by atoms with Crippen molar-refractivity contribution in [3.05, 3.63) is 63.7 Å². The molecule has 0 bridgehead atoms. The molecule has 0 unspecified atom stereocenters. The van der Waals surface area contributed by atoms with Crippen LogP contribution in [0.25, 0.3) is 10.6 Å². The molecular formula is C22H24N4O4S. The lowest BCUT2D eigenvalue weighted by molar-refractivity contribution is -0.384. The maximum atomic E-state index is 11.0. The molecule has 3 aromatic rings. The van der Waals surface area contributed by atoms with Crippen molar-refractivity contribution in [3.63, 3.8) is 0 Å². The predicted molar refractivity (Wildman–Crippen MR) is 121 cm³/mol. The smallest absolute Gasteiger partial charge is 0.271 e. The Labute approximate surface area is 184 Å². The Kier molecular flexibility index (Phi) is 6.34. The summed E-state index contributed by atoms with van der Waals surface area (Å²) in [5.74, 6) is 1.49. The zero-order valence-corrected chi connectivity index (χ0v) is 18.3. The number of piperazine rings is 1. The number of hydrogen-bond donors (Lipinski definition) is 0. The van der Waals surface area contributed by atoms with Gasteiger partial charge in [0.2, 0.25) is 0 Å². The number of nitro groups is 1. The van der Waals surface area contributed by atoms with E-state index in [4.69, 9.17) is 14.5 Å². The quantitative estimate of drug-likeness (QED) is 0.405. The van der Waals surface area contributed by atoms with E-state index in [0.717, 1.165) is 66.2 Å². The van der Waals surface area contributed by atoms with E-state index in [1.54, 1.807) is 37.7 Å². The van der Waals surface area contributed by atoms with Crippen molar-refractivity contribution >= 4 is 22.7 Å². The lowest BCUT2D eigenvalue weighted by Crippen LogP contribution is -2.46. The molecule has 1 aliphatic rings. The summed E-state index contributed by atoms with van der Waals surface area (Å²) in [7, 11) is 3.28. The van der Waals surface area contributed by atoms with Crippen molar-refractivity contribution in [2.75, 3.05) is 45.3 Å². The van der Waals surface area contributed by atoms with Crippen LogP contribution in [-0.4, -0.2) is 55.2 Å². The third-order valence-corrected chi connectivity index (χ3v) is 6.28. The van der Waals surface area contributed by atoms with Gasteiger partial charge in [-0.3, -0.25) is 15.0 Å². The molecule has 0 saturated carbocycles. The minimum absolute atomic E-state index is 0.129. The summed E-state index contributed by atoms with van der Waals surface area (Å²) in [5, 5.41) is 14.0.